The molecular formula is C46H85NO5. The Bertz CT molecular complexity index is 869. The molecule has 3 N–H and O–H groups in total. The van der Waals surface area contributed by atoms with Crippen LogP contribution < -0.4 is 5.32 Å². The van der Waals surface area contributed by atoms with E-state index in [0.29, 0.717) is 19.3 Å². The van der Waals surface area contributed by atoms with Gasteiger partial charge in [0.15, 0.2) is 0 Å². The van der Waals surface area contributed by atoms with Crippen LogP contribution in [0.5, 0.6) is 0 Å². The third-order valence-electron chi connectivity index (χ3n) is 9.97. The highest BCUT2D eigenvalue weighted by Crippen LogP contribution is 2.16. The first-order valence-corrected chi connectivity index (χ1v) is 22.2. The van der Waals surface area contributed by atoms with E-state index in [2.05, 4.69) is 62.5 Å². The van der Waals surface area contributed by atoms with Gasteiger partial charge in [-0.15, -0.1) is 0 Å². The Morgan fingerprint density at radius 3 is 1.50 bits per heavy atom. The number of amides is 1. The van der Waals surface area contributed by atoms with Crippen molar-refractivity contribution < 1.29 is 24.5 Å². The third kappa shape index (κ3) is 35.1. The van der Waals surface area contributed by atoms with Gasteiger partial charge in [0.05, 0.1) is 25.2 Å². The summed E-state index contributed by atoms with van der Waals surface area (Å²) in [6, 6.07) is -0.708. The monoisotopic (exact) mass is 732 g/mol. The summed E-state index contributed by atoms with van der Waals surface area (Å²) >= 11 is 0. The third-order valence-corrected chi connectivity index (χ3v) is 9.97. The lowest BCUT2D eigenvalue weighted by atomic mass is 10.0. The maximum Gasteiger partial charge on any atom is 0.306 e. The maximum absolute atomic E-state index is 13.1. The van der Waals surface area contributed by atoms with Crippen molar-refractivity contribution in [1.29, 1.82) is 0 Å². The second-order valence-electron chi connectivity index (χ2n) is 15.1. The molecule has 52 heavy (non-hydrogen) atoms. The molecule has 0 heterocycles. The minimum Gasteiger partial charge on any atom is -0.462 e. The lowest BCUT2D eigenvalue weighted by molar-refractivity contribution is -0.151. The minimum atomic E-state index is -0.792. The van der Waals surface area contributed by atoms with Crippen molar-refractivity contribution in [2.75, 3.05) is 6.61 Å². The van der Waals surface area contributed by atoms with Gasteiger partial charge in [-0.2, -0.15) is 0 Å². The highest BCUT2D eigenvalue weighted by atomic mass is 16.5. The van der Waals surface area contributed by atoms with Gasteiger partial charge in [-0.1, -0.05) is 179 Å². The number of hydrogen-bond acceptors (Lipinski definition) is 5. The van der Waals surface area contributed by atoms with Crippen LogP contribution >= 0.6 is 0 Å². The number of ether oxygens (including phenoxy) is 1. The second kappa shape index (κ2) is 40.3. The Hall–Kier alpha value is -1.92. The van der Waals surface area contributed by atoms with Crippen LogP contribution in [0.3, 0.4) is 0 Å². The van der Waals surface area contributed by atoms with Crippen LogP contribution in [0.2, 0.25) is 0 Å². The van der Waals surface area contributed by atoms with E-state index in [1.165, 1.54) is 103 Å². The van der Waals surface area contributed by atoms with E-state index < -0.39 is 18.2 Å². The lowest BCUT2D eigenvalue weighted by Gasteiger charge is -2.24. The smallest absolute Gasteiger partial charge is 0.306 e. The predicted octanol–water partition coefficient (Wildman–Crippen LogP) is 12.6. The summed E-state index contributed by atoms with van der Waals surface area (Å²) in [5.74, 6) is -0.513. The molecule has 6 nitrogen and oxygen atoms in total. The summed E-state index contributed by atoms with van der Waals surface area (Å²) in [4.78, 5) is 25.9. The fourth-order valence-electron chi connectivity index (χ4n) is 6.55. The fourth-order valence-corrected chi connectivity index (χ4v) is 6.55. The van der Waals surface area contributed by atoms with Crippen LogP contribution in [0.4, 0.5) is 0 Å². The Kier molecular flexibility index (Phi) is 38.8. The first-order valence-electron chi connectivity index (χ1n) is 22.2. The summed E-state index contributed by atoms with van der Waals surface area (Å²) in [6.45, 7) is 6.39. The van der Waals surface area contributed by atoms with E-state index in [-0.39, 0.29) is 24.9 Å². The number of carbonyl (C=O) groups excluding carboxylic acids is 2. The van der Waals surface area contributed by atoms with Crippen molar-refractivity contribution in [3.63, 3.8) is 0 Å². The van der Waals surface area contributed by atoms with Crippen molar-refractivity contribution in [3.05, 3.63) is 36.5 Å². The molecule has 0 spiro atoms. The van der Waals surface area contributed by atoms with E-state index in [1.807, 2.05) is 0 Å². The topological polar surface area (TPSA) is 95.9 Å². The standard InChI is InChI=1S/C46H85NO5/c1-4-7-10-13-16-19-20-21-22-23-24-27-28-31-34-37-42(52-46(51)39-36-33-30-26-18-15-12-9-6-3)40-45(50)47-43(41-48)44(49)38-35-32-29-25-17-14-11-8-5-2/h16,19,21-22,24,27,42-44,48-49H,4-15,17-18,20,23,25-26,28-41H2,1-3H3,(H,47,50)/b19-16-,22-21-,27-24-. The zero-order valence-electron chi connectivity index (χ0n) is 34.4. The Morgan fingerprint density at radius 2 is 0.981 bits per heavy atom. The van der Waals surface area contributed by atoms with Gasteiger partial charge in [0, 0.05) is 6.42 Å². The van der Waals surface area contributed by atoms with Gasteiger partial charge in [0.25, 0.3) is 0 Å². The fraction of sp³-hybridized carbons (Fsp3) is 0.826. The Morgan fingerprint density at radius 1 is 0.558 bits per heavy atom. The number of unbranched alkanes of at least 4 members (excludes halogenated alkanes) is 21. The summed E-state index contributed by atoms with van der Waals surface area (Å²) in [6.07, 6.45) is 44.9. The number of nitrogens with one attached hydrogen (secondary N) is 1. The average Bonchev–Trinajstić information content (AvgIpc) is 3.13. The van der Waals surface area contributed by atoms with Crippen LogP contribution in [-0.4, -0.2) is 46.9 Å². The largest absolute Gasteiger partial charge is 0.462 e. The van der Waals surface area contributed by atoms with E-state index in [4.69, 9.17) is 4.74 Å². The van der Waals surface area contributed by atoms with Gasteiger partial charge in [-0.3, -0.25) is 9.59 Å². The molecule has 0 saturated heterocycles. The van der Waals surface area contributed by atoms with Gasteiger partial charge in [0.1, 0.15) is 6.10 Å². The van der Waals surface area contributed by atoms with Crippen molar-refractivity contribution in [3.8, 4) is 0 Å². The number of carbonyl (C=O) groups is 2. The molecule has 0 aromatic heterocycles. The quantitative estimate of drug-likeness (QED) is 0.0332. The van der Waals surface area contributed by atoms with Crippen LogP contribution in [0.15, 0.2) is 36.5 Å². The van der Waals surface area contributed by atoms with Crippen LogP contribution in [-0.2, 0) is 14.3 Å². The molecule has 3 atom stereocenters. The van der Waals surface area contributed by atoms with Gasteiger partial charge < -0.3 is 20.3 Å². The number of rotatable bonds is 39. The van der Waals surface area contributed by atoms with E-state index in [9.17, 15) is 19.8 Å². The number of esters is 1. The lowest BCUT2D eigenvalue weighted by Crippen LogP contribution is -2.46. The van der Waals surface area contributed by atoms with Crippen molar-refractivity contribution >= 4 is 11.9 Å². The molecule has 1 amide bonds. The number of aliphatic hydroxyl groups is 2. The zero-order chi connectivity index (χ0) is 38.2. The molecule has 304 valence electrons. The summed E-state index contributed by atoms with van der Waals surface area (Å²) < 4.78 is 5.86. The second-order valence-corrected chi connectivity index (χ2v) is 15.1. The molecule has 0 aliphatic rings. The van der Waals surface area contributed by atoms with Crippen LogP contribution in [0, 0.1) is 0 Å². The van der Waals surface area contributed by atoms with Gasteiger partial charge in [-0.05, 0) is 64.2 Å². The summed E-state index contributed by atoms with van der Waals surface area (Å²) in [7, 11) is 0. The Balaban J connectivity index is 4.68. The molecule has 0 fully saturated rings. The zero-order valence-corrected chi connectivity index (χ0v) is 34.4. The molecule has 0 radical (unpaired) electrons. The average molecular weight is 732 g/mol. The normalized spacial score (nSPS) is 13.7. The summed E-state index contributed by atoms with van der Waals surface area (Å²) in [5.41, 5.74) is 0. The molecule has 0 aliphatic carbocycles. The number of aliphatic hydroxyl groups excluding tert-OH is 2. The van der Waals surface area contributed by atoms with Gasteiger partial charge in [-0.25, -0.2) is 0 Å². The maximum atomic E-state index is 13.1. The van der Waals surface area contributed by atoms with E-state index >= 15 is 0 Å². The molecule has 0 rings (SSSR count). The van der Waals surface area contributed by atoms with Crippen molar-refractivity contribution in [1.82, 2.24) is 5.32 Å². The Labute approximate surface area is 322 Å². The molecular weight excluding hydrogens is 647 g/mol. The van der Waals surface area contributed by atoms with E-state index in [1.54, 1.807) is 0 Å². The molecule has 3 unspecified atom stereocenters. The first-order chi connectivity index (χ1) is 25.5. The molecule has 0 aromatic rings. The highest BCUT2D eigenvalue weighted by molar-refractivity contribution is 5.77. The van der Waals surface area contributed by atoms with Gasteiger partial charge >= 0.3 is 5.97 Å². The van der Waals surface area contributed by atoms with Crippen LogP contribution in [0.1, 0.15) is 220 Å². The molecule has 0 aliphatic heterocycles. The predicted molar refractivity (Wildman–Crippen MR) is 222 cm³/mol. The van der Waals surface area contributed by atoms with Crippen molar-refractivity contribution in [2.24, 2.45) is 0 Å². The number of hydrogen-bond donors (Lipinski definition) is 3. The van der Waals surface area contributed by atoms with E-state index in [0.717, 1.165) is 70.6 Å². The summed E-state index contributed by atoms with van der Waals surface area (Å²) in [5, 5.41) is 23.5. The van der Waals surface area contributed by atoms with Gasteiger partial charge in [0.2, 0.25) is 5.91 Å². The highest BCUT2D eigenvalue weighted by Gasteiger charge is 2.24. The molecule has 6 heteroatoms. The molecule has 0 saturated carbocycles. The van der Waals surface area contributed by atoms with Crippen molar-refractivity contribution in [2.45, 2.75) is 238 Å². The van der Waals surface area contributed by atoms with Crippen LogP contribution in [0.25, 0.3) is 0 Å². The first kappa shape index (κ1) is 50.1. The number of allylic oxidation sites excluding steroid dienone is 6. The minimum absolute atomic E-state index is 0.0540. The molecule has 0 aromatic carbocycles. The molecule has 0 bridgehead atoms. The SMILES string of the molecule is CCCCC/C=C\C/C=C\C/C=C\CCCCC(CC(=O)NC(CO)C(O)CCCCCCCCCCC)OC(=O)CCCCCCCCCCC.